The summed E-state index contributed by atoms with van der Waals surface area (Å²) in [7, 11) is 0. The predicted octanol–water partition coefficient (Wildman–Crippen LogP) is 0.837. The monoisotopic (exact) mass is 247 g/mol. The summed E-state index contributed by atoms with van der Waals surface area (Å²) in [6.45, 7) is 0.353. The Morgan fingerprint density at radius 1 is 1.39 bits per heavy atom. The van der Waals surface area contributed by atoms with Crippen LogP contribution in [0.15, 0.2) is 30.3 Å². The van der Waals surface area contributed by atoms with Crippen LogP contribution in [0.3, 0.4) is 0 Å². The van der Waals surface area contributed by atoms with Crippen molar-refractivity contribution in [2.24, 2.45) is 0 Å². The molecule has 94 valence electrons. The Morgan fingerprint density at radius 3 is 2.72 bits per heavy atom. The summed E-state index contributed by atoms with van der Waals surface area (Å²) in [5, 5.41) is 11.7. The van der Waals surface area contributed by atoms with Crippen LogP contribution >= 0.6 is 0 Å². The summed E-state index contributed by atoms with van der Waals surface area (Å²) in [6.07, 6.45) is 3.46. The molecule has 2 N–H and O–H groups in total. The summed E-state index contributed by atoms with van der Waals surface area (Å²) in [6, 6.07) is 5.89. The quantitative estimate of drug-likeness (QED) is 0.613. The largest absolute Gasteiger partial charge is 0.508 e. The van der Waals surface area contributed by atoms with E-state index in [1.54, 1.807) is 18.2 Å². The summed E-state index contributed by atoms with van der Waals surface area (Å²) in [5.74, 6) is -0.557. The van der Waals surface area contributed by atoms with Gasteiger partial charge in [0.05, 0.1) is 6.61 Å². The number of carbonyl (C=O) groups is 2. The molecule has 0 aliphatic carbocycles. The van der Waals surface area contributed by atoms with E-state index in [-0.39, 0.29) is 17.6 Å². The van der Waals surface area contributed by atoms with E-state index in [0.29, 0.717) is 13.0 Å². The highest BCUT2D eigenvalue weighted by molar-refractivity contribution is 5.94. The van der Waals surface area contributed by atoms with Gasteiger partial charge in [-0.3, -0.25) is 4.79 Å². The third-order valence-electron chi connectivity index (χ3n) is 2.57. The normalized spacial score (nSPS) is 18.9. The van der Waals surface area contributed by atoms with E-state index >= 15 is 0 Å². The number of amides is 1. The highest BCUT2D eigenvalue weighted by atomic mass is 16.5. The van der Waals surface area contributed by atoms with Crippen molar-refractivity contribution in [3.63, 3.8) is 0 Å². The zero-order chi connectivity index (χ0) is 13.0. The average Bonchev–Trinajstić information content (AvgIpc) is 2.74. The summed E-state index contributed by atoms with van der Waals surface area (Å²) in [5.41, 5.74) is 0.789. The molecule has 1 unspecified atom stereocenters. The number of hydrogen-bond donors (Lipinski definition) is 2. The van der Waals surface area contributed by atoms with Gasteiger partial charge in [0.1, 0.15) is 11.8 Å². The molecule has 1 aliphatic heterocycles. The van der Waals surface area contributed by atoms with Gasteiger partial charge >= 0.3 is 5.97 Å². The molecule has 1 aromatic carbocycles. The van der Waals surface area contributed by atoms with Crippen LogP contribution in [0.4, 0.5) is 0 Å². The van der Waals surface area contributed by atoms with Crippen molar-refractivity contribution in [3.05, 3.63) is 35.9 Å². The molecule has 0 bridgehead atoms. The van der Waals surface area contributed by atoms with Crippen LogP contribution < -0.4 is 5.32 Å². The number of rotatable bonds is 3. The Morgan fingerprint density at radius 2 is 2.11 bits per heavy atom. The van der Waals surface area contributed by atoms with Gasteiger partial charge in [0.15, 0.2) is 0 Å². The van der Waals surface area contributed by atoms with Crippen LogP contribution in [0.1, 0.15) is 12.0 Å². The Kier molecular flexibility index (Phi) is 3.62. The fourth-order valence-electron chi connectivity index (χ4n) is 1.60. The summed E-state index contributed by atoms with van der Waals surface area (Å²) < 4.78 is 4.74. The van der Waals surface area contributed by atoms with E-state index in [4.69, 9.17) is 9.84 Å². The van der Waals surface area contributed by atoms with Crippen LogP contribution in [0, 0.1) is 0 Å². The molecule has 1 heterocycles. The molecule has 1 saturated heterocycles. The Bertz CT molecular complexity index is 478. The van der Waals surface area contributed by atoms with Crippen LogP contribution in [0.2, 0.25) is 0 Å². The number of phenols is 1. The first-order chi connectivity index (χ1) is 8.65. The van der Waals surface area contributed by atoms with Crippen molar-refractivity contribution in [3.8, 4) is 5.75 Å². The Labute approximate surface area is 104 Å². The lowest BCUT2D eigenvalue weighted by Crippen LogP contribution is -2.36. The lowest BCUT2D eigenvalue weighted by molar-refractivity contribution is -0.140. The Hall–Kier alpha value is -2.30. The number of aromatic hydroxyl groups is 1. The standard InChI is InChI=1S/C13H13NO4/c15-10-4-1-9(2-5-10)3-6-12(16)14-11-7-8-18-13(11)17/h1-6,11,15H,7-8H2,(H,14,16)/b6-3+. The molecular weight excluding hydrogens is 234 g/mol. The number of esters is 1. The van der Waals surface area contributed by atoms with Crippen LogP contribution in [0.5, 0.6) is 5.75 Å². The Balaban J connectivity index is 1.90. The van der Waals surface area contributed by atoms with Gasteiger partial charge in [-0.25, -0.2) is 4.79 Å². The molecule has 1 aromatic rings. The smallest absolute Gasteiger partial charge is 0.328 e. The first-order valence-electron chi connectivity index (χ1n) is 5.59. The average molecular weight is 247 g/mol. The minimum atomic E-state index is -0.540. The van der Waals surface area contributed by atoms with Gasteiger partial charge in [-0.15, -0.1) is 0 Å². The summed E-state index contributed by atoms with van der Waals surface area (Å²) >= 11 is 0. The highest BCUT2D eigenvalue weighted by Gasteiger charge is 2.27. The number of hydrogen-bond acceptors (Lipinski definition) is 4. The second kappa shape index (κ2) is 5.35. The van der Waals surface area contributed by atoms with Gasteiger partial charge < -0.3 is 15.2 Å². The molecule has 1 amide bonds. The minimum Gasteiger partial charge on any atom is -0.508 e. The number of nitrogens with one attached hydrogen (secondary N) is 1. The first-order valence-corrected chi connectivity index (χ1v) is 5.59. The zero-order valence-electron chi connectivity index (χ0n) is 9.63. The van der Waals surface area contributed by atoms with E-state index in [1.807, 2.05) is 0 Å². The summed E-state index contributed by atoms with van der Waals surface area (Å²) in [4.78, 5) is 22.7. The third-order valence-corrected chi connectivity index (χ3v) is 2.57. The van der Waals surface area contributed by atoms with E-state index in [2.05, 4.69) is 5.32 Å². The maximum Gasteiger partial charge on any atom is 0.328 e. The molecule has 1 fully saturated rings. The SMILES string of the molecule is O=C(/C=C/c1ccc(O)cc1)NC1CCOC1=O. The van der Waals surface area contributed by atoms with Crippen LogP contribution in [-0.4, -0.2) is 29.6 Å². The molecule has 1 atom stereocenters. The molecule has 0 radical (unpaired) electrons. The van der Waals surface area contributed by atoms with Gasteiger partial charge in [-0.1, -0.05) is 12.1 Å². The number of benzene rings is 1. The molecule has 18 heavy (non-hydrogen) atoms. The third kappa shape index (κ3) is 3.10. The molecule has 5 heteroatoms. The fraction of sp³-hybridized carbons (Fsp3) is 0.231. The van der Waals surface area contributed by atoms with E-state index in [9.17, 15) is 9.59 Å². The molecular formula is C13H13NO4. The lowest BCUT2D eigenvalue weighted by Gasteiger charge is -2.05. The topological polar surface area (TPSA) is 75.6 Å². The second-order valence-corrected chi connectivity index (χ2v) is 3.94. The highest BCUT2D eigenvalue weighted by Crippen LogP contribution is 2.11. The molecule has 1 aliphatic rings. The van der Waals surface area contributed by atoms with Gasteiger partial charge in [0.2, 0.25) is 5.91 Å². The van der Waals surface area contributed by atoms with Crippen molar-refractivity contribution in [2.75, 3.05) is 6.61 Å². The fourth-order valence-corrected chi connectivity index (χ4v) is 1.60. The van der Waals surface area contributed by atoms with Crippen molar-refractivity contribution in [1.29, 1.82) is 0 Å². The molecule has 0 saturated carbocycles. The first kappa shape index (κ1) is 12.2. The predicted molar refractivity (Wildman–Crippen MR) is 64.6 cm³/mol. The number of cyclic esters (lactones) is 1. The maximum absolute atomic E-state index is 11.5. The number of ether oxygens (including phenoxy) is 1. The zero-order valence-corrected chi connectivity index (χ0v) is 9.63. The van der Waals surface area contributed by atoms with E-state index in [0.717, 1.165) is 5.56 Å². The van der Waals surface area contributed by atoms with E-state index in [1.165, 1.54) is 18.2 Å². The molecule has 2 rings (SSSR count). The van der Waals surface area contributed by atoms with E-state index < -0.39 is 6.04 Å². The number of phenolic OH excluding ortho intramolecular Hbond substituents is 1. The molecule has 0 spiro atoms. The van der Waals surface area contributed by atoms with Crippen LogP contribution in [0.25, 0.3) is 6.08 Å². The lowest BCUT2D eigenvalue weighted by atomic mass is 10.2. The molecule has 0 aromatic heterocycles. The van der Waals surface area contributed by atoms with Gasteiger partial charge in [-0.2, -0.15) is 0 Å². The number of carbonyl (C=O) groups excluding carboxylic acids is 2. The van der Waals surface area contributed by atoms with Crippen molar-refractivity contribution >= 4 is 18.0 Å². The van der Waals surface area contributed by atoms with Gasteiger partial charge in [0.25, 0.3) is 0 Å². The maximum atomic E-state index is 11.5. The van der Waals surface area contributed by atoms with Gasteiger partial charge in [0, 0.05) is 12.5 Å². The van der Waals surface area contributed by atoms with Crippen molar-refractivity contribution < 1.29 is 19.4 Å². The van der Waals surface area contributed by atoms with Crippen LogP contribution in [-0.2, 0) is 14.3 Å². The van der Waals surface area contributed by atoms with Crippen molar-refractivity contribution in [2.45, 2.75) is 12.5 Å². The second-order valence-electron chi connectivity index (χ2n) is 3.94. The minimum absolute atomic E-state index is 0.172. The van der Waals surface area contributed by atoms with Gasteiger partial charge in [-0.05, 0) is 23.8 Å². The molecule has 5 nitrogen and oxygen atoms in total. The van der Waals surface area contributed by atoms with Crippen molar-refractivity contribution in [1.82, 2.24) is 5.32 Å².